The summed E-state index contributed by atoms with van der Waals surface area (Å²) in [7, 11) is 0. The molecule has 104 valence electrons. The molecule has 1 amide bonds. The fourth-order valence-corrected chi connectivity index (χ4v) is 3.78. The molecular formula is C13H20N4OS. The lowest BCUT2D eigenvalue weighted by Gasteiger charge is -2.31. The highest BCUT2D eigenvalue weighted by Crippen LogP contribution is 2.39. The van der Waals surface area contributed by atoms with E-state index in [1.54, 1.807) is 0 Å². The molecule has 1 aromatic heterocycles. The van der Waals surface area contributed by atoms with Crippen molar-refractivity contribution in [1.29, 1.82) is 0 Å². The van der Waals surface area contributed by atoms with Crippen LogP contribution in [0.15, 0.2) is 5.38 Å². The third-order valence-corrected chi connectivity index (χ3v) is 4.75. The molecule has 19 heavy (non-hydrogen) atoms. The van der Waals surface area contributed by atoms with E-state index in [1.807, 2.05) is 10.3 Å². The molecule has 0 radical (unpaired) electrons. The lowest BCUT2D eigenvalue weighted by atomic mass is 9.81. The molecule has 2 aliphatic rings. The van der Waals surface area contributed by atoms with E-state index in [9.17, 15) is 4.79 Å². The van der Waals surface area contributed by atoms with Crippen LogP contribution in [0.1, 0.15) is 57.3 Å². The first kappa shape index (κ1) is 13.0. The van der Waals surface area contributed by atoms with Crippen LogP contribution in [0, 0.1) is 0 Å². The van der Waals surface area contributed by atoms with Gasteiger partial charge in [-0.25, -0.2) is 0 Å². The quantitative estimate of drug-likeness (QED) is 0.921. The Balaban J connectivity index is 1.89. The molecule has 3 rings (SSSR count). The molecule has 1 aliphatic carbocycles. The zero-order valence-corrected chi connectivity index (χ0v) is 12.1. The number of hydrogen-bond donors (Lipinski definition) is 1. The second-order valence-corrected chi connectivity index (χ2v) is 6.13. The highest BCUT2D eigenvalue weighted by molar-refractivity contribution is 7.03. The zero-order valence-electron chi connectivity index (χ0n) is 11.3. The summed E-state index contributed by atoms with van der Waals surface area (Å²) in [5, 5.41) is 9.67. The molecule has 1 N–H and O–H groups in total. The maximum atomic E-state index is 12.8. The highest BCUT2D eigenvalue weighted by Gasteiger charge is 2.51. The van der Waals surface area contributed by atoms with Gasteiger partial charge in [-0.1, -0.05) is 30.7 Å². The maximum Gasteiger partial charge on any atom is 0.244 e. The Morgan fingerprint density at radius 3 is 2.89 bits per heavy atom. The summed E-state index contributed by atoms with van der Waals surface area (Å²) < 4.78 is 3.93. The Labute approximate surface area is 117 Å². The van der Waals surface area contributed by atoms with E-state index >= 15 is 0 Å². The van der Waals surface area contributed by atoms with Gasteiger partial charge >= 0.3 is 0 Å². The molecule has 1 unspecified atom stereocenters. The van der Waals surface area contributed by atoms with E-state index in [2.05, 4.69) is 21.8 Å². The van der Waals surface area contributed by atoms with Crippen LogP contribution in [0.4, 0.5) is 0 Å². The Bertz CT molecular complexity index is 442. The van der Waals surface area contributed by atoms with Gasteiger partial charge in [0.05, 0.1) is 5.54 Å². The SMILES string of the molecule is CCCN1C(=O)C2(CCCCC2)NC1c1csnn1. The number of carbonyl (C=O) groups excluding carboxylic acids is 1. The summed E-state index contributed by atoms with van der Waals surface area (Å²) >= 11 is 1.34. The van der Waals surface area contributed by atoms with E-state index in [1.165, 1.54) is 18.0 Å². The van der Waals surface area contributed by atoms with Gasteiger partial charge in [-0.05, 0) is 30.8 Å². The van der Waals surface area contributed by atoms with Gasteiger partial charge in [0.2, 0.25) is 5.91 Å². The topological polar surface area (TPSA) is 58.1 Å². The molecule has 1 aliphatic heterocycles. The Hall–Kier alpha value is -1.01. The second kappa shape index (κ2) is 5.17. The summed E-state index contributed by atoms with van der Waals surface area (Å²) in [4.78, 5) is 14.8. The van der Waals surface area contributed by atoms with E-state index in [-0.39, 0.29) is 17.6 Å². The van der Waals surface area contributed by atoms with Crippen molar-refractivity contribution in [3.8, 4) is 0 Å². The molecule has 1 spiro atoms. The number of nitrogens with one attached hydrogen (secondary N) is 1. The van der Waals surface area contributed by atoms with Crippen molar-refractivity contribution in [2.45, 2.75) is 57.2 Å². The smallest absolute Gasteiger partial charge is 0.244 e. The molecule has 1 atom stereocenters. The number of nitrogens with zero attached hydrogens (tertiary/aromatic N) is 3. The van der Waals surface area contributed by atoms with Crippen LogP contribution >= 0.6 is 11.5 Å². The fourth-order valence-electron chi connectivity index (χ4n) is 3.30. The van der Waals surface area contributed by atoms with E-state index in [0.717, 1.165) is 44.3 Å². The van der Waals surface area contributed by atoms with Gasteiger partial charge in [-0.15, -0.1) is 5.10 Å². The van der Waals surface area contributed by atoms with Crippen LogP contribution in [0.5, 0.6) is 0 Å². The number of hydrogen-bond acceptors (Lipinski definition) is 5. The van der Waals surface area contributed by atoms with Crippen molar-refractivity contribution in [3.05, 3.63) is 11.1 Å². The number of amides is 1. The lowest BCUT2D eigenvalue weighted by Crippen LogP contribution is -2.48. The average Bonchev–Trinajstić information content (AvgIpc) is 3.03. The van der Waals surface area contributed by atoms with Gasteiger partial charge in [0.1, 0.15) is 11.9 Å². The van der Waals surface area contributed by atoms with Crippen molar-refractivity contribution in [2.24, 2.45) is 0 Å². The zero-order chi connectivity index (χ0) is 13.3. The lowest BCUT2D eigenvalue weighted by molar-refractivity contribution is -0.134. The van der Waals surface area contributed by atoms with Gasteiger partial charge in [-0.3, -0.25) is 10.1 Å². The molecular weight excluding hydrogens is 260 g/mol. The first-order chi connectivity index (χ1) is 9.27. The van der Waals surface area contributed by atoms with Crippen LogP contribution in [0.25, 0.3) is 0 Å². The molecule has 1 saturated carbocycles. The van der Waals surface area contributed by atoms with Crippen LogP contribution in [0.2, 0.25) is 0 Å². The van der Waals surface area contributed by atoms with Crippen LogP contribution < -0.4 is 5.32 Å². The summed E-state index contributed by atoms with van der Waals surface area (Å²) in [5.74, 6) is 0.270. The molecule has 0 aromatic carbocycles. The average molecular weight is 280 g/mol. The first-order valence-electron chi connectivity index (χ1n) is 7.12. The van der Waals surface area contributed by atoms with Crippen molar-refractivity contribution in [3.63, 3.8) is 0 Å². The van der Waals surface area contributed by atoms with Crippen LogP contribution in [-0.2, 0) is 4.79 Å². The summed E-state index contributed by atoms with van der Waals surface area (Å²) in [6, 6.07) is 0. The monoisotopic (exact) mass is 280 g/mol. The van der Waals surface area contributed by atoms with Gasteiger partial charge in [-0.2, -0.15) is 0 Å². The summed E-state index contributed by atoms with van der Waals surface area (Å²) in [5.41, 5.74) is 0.552. The summed E-state index contributed by atoms with van der Waals surface area (Å²) in [6.45, 7) is 2.89. The van der Waals surface area contributed by atoms with Crippen molar-refractivity contribution in [2.75, 3.05) is 6.54 Å². The molecule has 1 aromatic rings. The van der Waals surface area contributed by atoms with Crippen LogP contribution in [0.3, 0.4) is 0 Å². The predicted octanol–water partition coefficient (Wildman–Crippen LogP) is 2.08. The highest BCUT2D eigenvalue weighted by atomic mass is 32.1. The molecule has 1 saturated heterocycles. The predicted molar refractivity (Wildman–Crippen MR) is 73.6 cm³/mol. The van der Waals surface area contributed by atoms with Gasteiger partial charge in [0.25, 0.3) is 0 Å². The minimum Gasteiger partial charge on any atom is -0.320 e. The molecule has 5 nitrogen and oxygen atoms in total. The third kappa shape index (κ3) is 2.17. The minimum absolute atomic E-state index is 0.0794. The first-order valence-corrected chi connectivity index (χ1v) is 7.96. The molecule has 2 heterocycles. The molecule has 6 heteroatoms. The number of aromatic nitrogens is 2. The normalized spacial score (nSPS) is 26.3. The van der Waals surface area contributed by atoms with Gasteiger partial charge in [0.15, 0.2) is 0 Å². The van der Waals surface area contributed by atoms with E-state index in [0.29, 0.717) is 0 Å². The number of carbonyl (C=O) groups is 1. The van der Waals surface area contributed by atoms with Crippen molar-refractivity contribution < 1.29 is 4.79 Å². The Kier molecular flexibility index (Phi) is 3.54. The Morgan fingerprint density at radius 1 is 1.47 bits per heavy atom. The standard InChI is InChI=1S/C13H20N4OS/c1-2-8-17-11(10-9-19-16-15-10)14-13(12(17)18)6-4-3-5-7-13/h9,11,14H,2-8H2,1H3. The third-order valence-electron chi connectivity index (χ3n) is 4.22. The minimum atomic E-state index is -0.332. The second-order valence-electron chi connectivity index (χ2n) is 5.52. The van der Waals surface area contributed by atoms with Gasteiger partial charge < -0.3 is 4.90 Å². The Morgan fingerprint density at radius 2 is 2.26 bits per heavy atom. The van der Waals surface area contributed by atoms with Crippen LogP contribution in [-0.4, -0.2) is 32.5 Å². The number of rotatable bonds is 3. The maximum absolute atomic E-state index is 12.8. The van der Waals surface area contributed by atoms with Crippen molar-refractivity contribution >= 4 is 17.4 Å². The van der Waals surface area contributed by atoms with E-state index < -0.39 is 0 Å². The van der Waals surface area contributed by atoms with Crippen molar-refractivity contribution in [1.82, 2.24) is 19.8 Å². The fraction of sp³-hybridized carbons (Fsp3) is 0.769. The van der Waals surface area contributed by atoms with Gasteiger partial charge in [0, 0.05) is 11.9 Å². The summed E-state index contributed by atoms with van der Waals surface area (Å²) in [6.07, 6.45) is 6.33. The largest absolute Gasteiger partial charge is 0.320 e. The molecule has 2 fully saturated rings. The molecule has 0 bridgehead atoms. The van der Waals surface area contributed by atoms with E-state index in [4.69, 9.17) is 0 Å².